The van der Waals surface area contributed by atoms with Crippen LogP contribution in [0.3, 0.4) is 0 Å². The van der Waals surface area contributed by atoms with Crippen molar-refractivity contribution in [2.24, 2.45) is 0 Å². The van der Waals surface area contributed by atoms with Gasteiger partial charge in [0.05, 0.1) is 12.0 Å². The van der Waals surface area contributed by atoms with Crippen molar-refractivity contribution in [1.29, 1.82) is 0 Å². The number of nitrogens with one attached hydrogen (secondary N) is 1. The van der Waals surface area contributed by atoms with Crippen LogP contribution >= 0.6 is 0 Å². The van der Waals surface area contributed by atoms with Crippen molar-refractivity contribution in [3.63, 3.8) is 0 Å². The van der Waals surface area contributed by atoms with Gasteiger partial charge in [-0.15, -0.1) is 0 Å². The summed E-state index contributed by atoms with van der Waals surface area (Å²) in [7, 11) is -2.42. The Morgan fingerprint density at radius 3 is 2.59 bits per heavy atom. The Kier molecular flexibility index (Phi) is 7.45. The second-order valence-electron chi connectivity index (χ2n) is 7.97. The number of methoxy groups -OCH3 is 1. The molecule has 7 nitrogen and oxygen atoms in total. The summed E-state index contributed by atoms with van der Waals surface area (Å²) in [4.78, 5) is 25.3. The van der Waals surface area contributed by atoms with Crippen LogP contribution in [0.2, 0.25) is 0 Å². The van der Waals surface area contributed by atoms with E-state index in [2.05, 4.69) is 5.32 Å². The first-order valence-electron chi connectivity index (χ1n) is 10.1. The fourth-order valence-electron chi connectivity index (χ4n) is 3.83. The first kappa shape index (κ1) is 23.3. The lowest BCUT2D eigenvalue weighted by Gasteiger charge is -2.32. The van der Waals surface area contributed by atoms with Gasteiger partial charge >= 0.3 is 5.97 Å². The van der Waals surface area contributed by atoms with Crippen molar-refractivity contribution in [3.05, 3.63) is 29.3 Å². The third kappa shape index (κ3) is 4.98. The predicted octanol–water partition coefficient (Wildman–Crippen LogP) is 3.02. The van der Waals surface area contributed by atoms with Crippen LogP contribution in [0.5, 0.6) is 0 Å². The maximum atomic E-state index is 13.1. The Balaban J connectivity index is 2.37. The maximum absolute atomic E-state index is 13.1. The monoisotopic (exact) mass is 424 g/mol. The number of benzene rings is 1. The van der Waals surface area contributed by atoms with Crippen LogP contribution in [0.25, 0.3) is 0 Å². The fourth-order valence-corrected chi connectivity index (χ4v) is 5.56. The van der Waals surface area contributed by atoms with Gasteiger partial charge in [0.15, 0.2) is 0 Å². The summed E-state index contributed by atoms with van der Waals surface area (Å²) in [5.74, 6) is -1.02. The number of amides is 1. The van der Waals surface area contributed by atoms with Gasteiger partial charge in [0.2, 0.25) is 10.0 Å². The van der Waals surface area contributed by atoms with E-state index in [-0.39, 0.29) is 16.5 Å². The van der Waals surface area contributed by atoms with Crippen LogP contribution in [0.15, 0.2) is 23.1 Å². The van der Waals surface area contributed by atoms with Crippen LogP contribution < -0.4 is 5.32 Å². The van der Waals surface area contributed by atoms with Crippen molar-refractivity contribution in [2.75, 3.05) is 13.7 Å². The third-order valence-electron chi connectivity index (χ3n) is 5.58. The van der Waals surface area contributed by atoms with Gasteiger partial charge in [0, 0.05) is 18.2 Å². The summed E-state index contributed by atoms with van der Waals surface area (Å²) >= 11 is 0. The molecule has 8 heteroatoms. The first-order valence-corrected chi connectivity index (χ1v) is 11.5. The molecule has 2 unspecified atom stereocenters. The number of ether oxygens (including phenoxy) is 1. The minimum absolute atomic E-state index is 0.0699. The molecule has 1 amide bonds. The quantitative estimate of drug-likeness (QED) is 0.679. The van der Waals surface area contributed by atoms with Crippen molar-refractivity contribution < 1.29 is 22.7 Å². The molecule has 162 valence electrons. The highest BCUT2D eigenvalue weighted by molar-refractivity contribution is 7.89. The lowest BCUT2D eigenvalue weighted by atomic mass is 9.95. The molecule has 1 N–H and O–H groups in total. The van der Waals surface area contributed by atoms with Crippen LogP contribution in [-0.4, -0.2) is 49.8 Å². The molecular weight excluding hydrogens is 392 g/mol. The molecule has 1 aromatic carbocycles. The molecule has 0 bridgehead atoms. The number of aryl methyl sites for hydroxylation is 1. The summed E-state index contributed by atoms with van der Waals surface area (Å²) in [6, 6.07) is 4.50. The first-order chi connectivity index (χ1) is 13.6. The highest BCUT2D eigenvalue weighted by Crippen LogP contribution is 2.27. The highest BCUT2D eigenvalue weighted by atomic mass is 32.2. The number of esters is 1. The Morgan fingerprint density at radius 2 is 2.00 bits per heavy atom. The van der Waals surface area contributed by atoms with Crippen molar-refractivity contribution in [2.45, 2.75) is 76.3 Å². The smallest absolute Gasteiger partial charge is 0.331 e. The number of piperidine rings is 1. The molecule has 0 saturated carbocycles. The van der Waals surface area contributed by atoms with E-state index in [1.54, 1.807) is 19.9 Å². The minimum atomic E-state index is -3.70. The van der Waals surface area contributed by atoms with E-state index >= 15 is 0 Å². The molecule has 0 spiro atoms. The number of nitrogens with zero attached hydrogens (tertiary/aromatic N) is 1. The Hall–Kier alpha value is -1.93. The maximum Gasteiger partial charge on any atom is 0.331 e. The van der Waals surface area contributed by atoms with Crippen molar-refractivity contribution >= 4 is 21.9 Å². The summed E-state index contributed by atoms with van der Waals surface area (Å²) in [5.41, 5.74) is -0.303. The standard InChI is InChI=1S/C21H32N2O5S/c1-6-12-21(4,20(25)28-5)22-19(24)18-14-17(11-10-15(18)2)29(26,27)23-13-8-7-9-16(23)3/h10-11,14,16H,6-9,12-13H2,1-5H3,(H,22,24). The van der Waals surface area contributed by atoms with Crippen molar-refractivity contribution in [1.82, 2.24) is 9.62 Å². The molecule has 0 aromatic heterocycles. The number of sulfonamides is 1. The second-order valence-corrected chi connectivity index (χ2v) is 9.86. The van der Waals surface area contributed by atoms with Crippen LogP contribution in [0.1, 0.15) is 68.8 Å². The Bertz CT molecular complexity index is 868. The lowest BCUT2D eigenvalue weighted by molar-refractivity contribution is -0.147. The van der Waals surface area contributed by atoms with E-state index in [1.165, 1.54) is 23.5 Å². The summed E-state index contributed by atoms with van der Waals surface area (Å²) in [6.07, 6.45) is 3.75. The van der Waals surface area contributed by atoms with Gasteiger partial charge in [-0.1, -0.05) is 25.8 Å². The van der Waals surface area contributed by atoms with E-state index in [1.807, 2.05) is 13.8 Å². The third-order valence-corrected chi connectivity index (χ3v) is 7.59. The number of hydrogen-bond acceptors (Lipinski definition) is 5. The number of carbonyl (C=O) groups is 2. The van der Waals surface area contributed by atoms with Crippen LogP contribution in [0.4, 0.5) is 0 Å². The van der Waals surface area contributed by atoms with Crippen LogP contribution in [-0.2, 0) is 19.6 Å². The zero-order valence-corrected chi connectivity index (χ0v) is 18.8. The second kappa shape index (κ2) is 9.26. The minimum Gasteiger partial charge on any atom is -0.467 e. The van der Waals surface area contributed by atoms with Gasteiger partial charge in [-0.3, -0.25) is 4.79 Å². The molecule has 2 rings (SSSR count). The Labute approximate surface area is 173 Å². The molecule has 1 aliphatic heterocycles. The molecule has 1 heterocycles. The largest absolute Gasteiger partial charge is 0.467 e. The zero-order valence-electron chi connectivity index (χ0n) is 17.9. The van der Waals surface area contributed by atoms with Gasteiger partial charge < -0.3 is 10.1 Å². The molecule has 1 aromatic rings. The van der Waals surface area contributed by atoms with Crippen LogP contribution in [0, 0.1) is 6.92 Å². The molecule has 29 heavy (non-hydrogen) atoms. The normalized spacial score (nSPS) is 20.0. The number of carbonyl (C=O) groups excluding carboxylic acids is 2. The van der Waals surface area contributed by atoms with E-state index in [4.69, 9.17) is 4.74 Å². The molecule has 1 fully saturated rings. The average molecular weight is 425 g/mol. The Morgan fingerprint density at radius 1 is 1.31 bits per heavy atom. The predicted molar refractivity (Wildman–Crippen MR) is 111 cm³/mol. The number of hydrogen-bond donors (Lipinski definition) is 1. The van der Waals surface area contributed by atoms with Gasteiger partial charge in [0.1, 0.15) is 5.54 Å². The molecule has 1 saturated heterocycles. The van der Waals surface area contributed by atoms with E-state index in [0.717, 1.165) is 19.3 Å². The van der Waals surface area contributed by atoms with E-state index in [9.17, 15) is 18.0 Å². The lowest BCUT2D eigenvalue weighted by Crippen LogP contribution is -2.52. The molecule has 2 atom stereocenters. The van der Waals surface area contributed by atoms with E-state index in [0.29, 0.717) is 24.9 Å². The molecule has 1 aliphatic rings. The van der Waals surface area contributed by atoms with Gasteiger partial charge in [-0.05, 0) is 57.7 Å². The molecule has 0 radical (unpaired) electrons. The topological polar surface area (TPSA) is 92.8 Å². The average Bonchev–Trinajstić information content (AvgIpc) is 2.67. The highest BCUT2D eigenvalue weighted by Gasteiger charge is 2.36. The molecular formula is C21H32N2O5S. The summed E-state index contributed by atoms with van der Waals surface area (Å²) in [6.45, 7) is 7.65. The van der Waals surface area contributed by atoms with Crippen molar-refractivity contribution in [3.8, 4) is 0 Å². The van der Waals surface area contributed by atoms with E-state index < -0.39 is 27.4 Å². The summed E-state index contributed by atoms with van der Waals surface area (Å²) in [5, 5.41) is 2.75. The van der Waals surface area contributed by atoms with Gasteiger partial charge in [0.25, 0.3) is 5.91 Å². The van der Waals surface area contributed by atoms with Gasteiger partial charge in [-0.2, -0.15) is 4.31 Å². The number of rotatable bonds is 7. The zero-order chi connectivity index (χ0) is 21.8. The molecule has 0 aliphatic carbocycles. The van der Waals surface area contributed by atoms with Gasteiger partial charge in [-0.25, -0.2) is 13.2 Å². The summed E-state index contributed by atoms with van der Waals surface area (Å²) < 4.78 is 32.7. The fraction of sp³-hybridized carbons (Fsp3) is 0.619. The SMILES string of the molecule is CCCC(C)(NC(=O)c1cc(S(=O)(=O)N2CCCCC2C)ccc1C)C(=O)OC.